The van der Waals surface area contributed by atoms with Crippen molar-refractivity contribution in [3.05, 3.63) is 41.9 Å². The van der Waals surface area contributed by atoms with Gasteiger partial charge in [-0.3, -0.25) is 4.72 Å². The van der Waals surface area contributed by atoms with Crippen molar-refractivity contribution in [1.82, 2.24) is 9.97 Å². The Morgan fingerprint density at radius 1 is 1.19 bits per heavy atom. The number of rotatable bonds is 4. The third-order valence-electron chi connectivity index (χ3n) is 3.51. The maximum atomic E-state index is 12.3. The SMILES string of the molecule is Cc1c(NS(=O)(=O)c2ccc(N)cc2)ncnc1C1CC1. The molecule has 0 unspecified atom stereocenters. The molecule has 0 amide bonds. The van der Waals surface area contributed by atoms with Crippen molar-refractivity contribution >= 4 is 21.5 Å². The molecule has 3 rings (SSSR count). The number of sulfonamides is 1. The summed E-state index contributed by atoms with van der Waals surface area (Å²) in [6.45, 7) is 1.84. The lowest BCUT2D eigenvalue weighted by molar-refractivity contribution is 0.601. The monoisotopic (exact) mass is 304 g/mol. The van der Waals surface area contributed by atoms with Crippen LogP contribution in [0, 0.1) is 6.92 Å². The molecule has 7 heteroatoms. The number of nitrogens with one attached hydrogen (secondary N) is 1. The van der Waals surface area contributed by atoms with Crippen LogP contribution in [0.1, 0.15) is 30.0 Å². The Morgan fingerprint density at radius 2 is 1.86 bits per heavy atom. The second-order valence-electron chi connectivity index (χ2n) is 5.18. The van der Waals surface area contributed by atoms with E-state index in [1.54, 1.807) is 12.1 Å². The highest BCUT2D eigenvalue weighted by Crippen LogP contribution is 2.41. The third-order valence-corrected chi connectivity index (χ3v) is 4.86. The molecule has 1 saturated carbocycles. The first-order chi connectivity index (χ1) is 9.97. The van der Waals surface area contributed by atoms with Crippen LogP contribution in [0.5, 0.6) is 0 Å². The summed E-state index contributed by atoms with van der Waals surface area (Å²) in [6.07, 6.45) is 3.60. The molecule has 0 saturated heterocycles. The minimum Gasteiger partial charge on any atom is -0.399 e. The lowest BCUT2D eigenvalue weighted by Gasteiger charge is -2.11. The highest BCUT2D eigenvalue weighted by Gasteiger charge is 2.28. The number of benzene rings is 1. The molecule has 21 heavy (non-hydrogen) atoms. The lowest BCUT2D eigenvalue weighted by atomic mass is 10.2. The summed E-state index contributed by atoms with van der Waals surface area (Å²) in [5.74, 6) is 0.775. The molecule has 2 aromatic rings. The van der Waals surface area contributed by atoms with Gasteiger partial charge in [0.1, 0.15) is 12.1 Å². The van der Waals surface area contributed by atoms with E-state index < -0.39 is 10.0 Å². The van der Waals surface area contributed by atoms with E-state index in [1.807, 2.05) is 6.92 Å². The zero-order chi connectivity index (χ0) is 15.0. The first kappa shape index (κ1) is 13.8. The Bertz CT molecular complexity index is 768. The highest BCUT2D eigenvalue weighted by atomic mass is 32.2. The second-order valence-corrected chi connectivity index (χ2v) is 6.86. The van der Waals surface area contributed by atoms with Gasteiger partial charge in [0.05, 0.1) is 10.6 Å². The number of anilines is 2. The number of nitrogen functional groups attached to an aromatic ring is 1. The molecule has 6 nitrogen and oxygen atoms in total. The van der Waals surface area contributed by atoms with E-state index in [0.717, 1.165) is 24.1 Å². The minimum absolute atomic E-state index is 0.155. The molecule has 1 aliphatic carbocycles. The number of hydrogen-bond donors (Lipinski definition) is 2. The van der Waals surface area contributed by atoms with Crippen molar-refractivity contribution < 1.29 is 8.42 Å². The van der Waals surface area contributed by atoms with Gasteiger partial charge in [-0.25, -0.2) is 18.4 Å². The molecule has 1 heterocycles. The summed E-state index contributed by atoms with van der Waals surface area (Å²) in [6, 6.07) is 6.04. The lowest BCUT2D eigenvalue weighted by Crippen LogP contribution is -2.15. The van der Waals surface area contributed by atoms with E-state index >= 15 is 0 Å². The Labute approximate surface area is 123 Å². The summed E-state index contributed by atoms with van der Waals surface area (Å²) in [5, 5.41) is 0. The number of aromatic nitrogens is 2. The van der Waals surface area contributed by atoms with Gasteiger partial charge in [0.25, 0.3) is 10.0 Å². The van der Waals surface area contributed by atoms with Crippen LogP contribution >= 0.6 is 0 Å². The quantitative estimate of drug-likeness (QED) is 0.842. The van der Waals surface area contributed by atoms with Gasteiger partial charge in [-0.05, 0) is 44.0 Å². The van der Waals surface area contributed by atoms with Gasteiger partial charge in [0.2, 0.25) is 0 Å². The van der Waals surface area contributed by atoms with Crippen LogP contribution in [-0.2, 0) is 10.0 Å². The fourth-order valence-electron chi connectivity index (χ4n) is 2.17. The van der Waals surface area contributed by atoms with E-state index in [1.165, 1.54) is 18.5 Å². The number of nitrogens with two attached hydrogens (primary N) is 1. The van der Waals surface area contributed by atoms with E-state index in [4.69, 9.17) is 5.73 Å². The second kappa shape index (κ2) is 5.00. The van der Waals surface area contributed by atoms with Gasteiger partial charge in [-0.2, -0.15) is 0 Å². The van der Waals surface area contributed by atoms with E-state index in [9.17, 15) is 8.42 Å². The van der Waals surface area contributed by atoms with Crippen LogP contribution < -0.4 is 10.5 Å². The largest absolute Gasteiger partial charge is 0.399 e. The molecule has 110 valence electrons. The zero-order valence-electron chi connectivity index (χ0n) is 11.6. The Morgan fingerprint density at radius 3 is 2.48 bits per heavy atom. The first-order valence-electron chi connectivity index (χ1n) is 6.67. The van der Waals surface area contributed by atoms with Crippen molar-refractivity contribution in [2.45, 2.75) is 30.6 Å². The standard InChI is InChI=1S/C14H16N4O2S/c1-9-13(10-2-3-10)16-8-17-14(9)18-21(19,20)12-6-4-11(15)5-7-12/h4-8,10H,2-3,15H2,1H3,(H,16,17,18). The molecule has 0 spiro atoms. The van der Waals surface area contributed by atoms with Crippen molar-refractivity contribution in [1.29, 1.82) is 0 Å². The van der Waals surface area contributed by atoms with Gasteiger partial charge < -0.3 is 5.73 Å². The zero-order valence-corrected chi connectivity index (χ0v) is 12.4. The summed E-state index contributed by atoms with van der Waals surface area (Å²) in [4.78, 5) is 8.46. The molecule has 0 bridgehead atoms. The predicted octanol–water partition coefficient (Wildman–Crippen LogP) is 2.05. The van der Waals surface area contributed by atoms with Gasteiger partial charge in [-0.1, -0.05) is 0 Å². The topological polar surface area (TPSA) is 98.0 Å². The molecule has 1 aromatic heterocycles. The average Bonchev–Trinajstić information content (AvgIpc) is 3.26. The summed E-state index contributed by atoms with van der Waals surface area (Å²) < 4.78 is 27.2. The minimum atomic E-state index is -3.67. The van der Waals surface area contributed by atoms with Gasteiger partial charge in [0, 0.05) is 17.2 Å². The van der Waals surface area contributed by atoms with Crippen molar-refractivity contribution in [3.8, 4) is 0 Å². The van der Waals surface area contributed by atoms with E-state index in [2.05, 4.69) is 14.7 Å². The van der Waals surface area contributed by atoms with Crippen molar-refractivity contribution in [3.63, 3.8) is 0 Å². The van der Waals surface area contributed by atoms with E-state index in [0.29, 0.717) is 17.4 Å². The summed E-state index contributed by atoms with van der Waals surface area (Å²) >= 11 is 0. The first-order valence-corrected chi connectivity index (χ1v) is 8.15. The number of nitrogens with zero attached hydrogens (tertiary/aromatic N) is 2. The normalized spacial score (nSPS) is 14.9. The molecule has 0 aliphatic heterocycles. The Balaban J connectivity index is 1.92. The van der Waals surface area contributed by atoms with Crippen LogP contribution in [0.25, 0.3) is 0 Å². The average molecular weight is 304 g/mol. The molecule has 3 N–H and O–H groups in total. The molecule has 1 aliphatic rings. The summed E-state index contributed by atoms with van der Waals surface area (Å²) in [5.41, 5.74) is 7.81. The van der Waals surface area contributed by atoms with Gasteiger partial charge >= 0.3 is 0 Å². The van der Waals surface area contributed by atoms with E-state index in [-0.39, 0.29) is 4.90 Å². The molecular weight excluding hydrogens is 288 g/mol. The fraction of sp³-hybridized carbons (Fsp3) is 0.286. The Kier molecular flexibility index (Phi) is 3.29. The summed E-state index contributed by atoms with van der Waals surface area (Å²) in [7, 11) is -3.67. The van der Waals surface area contributed by atoms with Crippen LogP contribution in [0.3, 0.4) is 0 Å². The van der Waals surface area contributed by atoms with Gasteiger partial charge in [-0.15, -0.1) is 0 Å². The van der Waals surface area contributed by atoms with Crippen molar-refractivity contribution in [2.75, 3.05) is 10.5 Å². The molecule has 1 aromatic carbocycles. The van der Waals surface area contributed by atoms with Crippen LogP contribution in [0.15, 0.2) is 35.5 Å². The van der Waals surface area contributed by atoms with Crippen LogP contribution in [-0.4, -0.2) is 18.4 Å². The maximum Gasteiger partial charge on any atom is 0.263 e. The Hall–Kier alpha value is -2.15. The van der Waals surface area contributed by atoms with Gasteiger partial charge in [0.15, 0.2) is 0 Å². The molecule has 1 fully saturated rings. The predicted molar refractivity (Wildman–Crippen MR) is 80.4 cm³/mol. The third kappa shape index (κ3) is 2.82. The molecular formula is C14H16N4O2S. The number of hydrogen-bond acceptors (Lipinski definition) is 5. The van der Waals surface area contributed by atoms with Crippen LogP contribution in [0.4, 0.5) is 11.5 Å². The highest BCUT2D eigenvalue weighted by molar-refractivity contribution is 7.92. The fourth-order valence-corrected chi connectivity index (χ4v) is 3.24. The maximum absolute atomic E-state index is 12.3. The molecule has 0 radical (unpaired) electrons. The molecule has 0 atom stereocenters. The van der Waals surface area contributed by atoms with Crippen molar-refractivity contribution in [2.24, 2.45) is 0 Å². The smallest absolute Gasteiger partial charge is 0.263 e. The van der Waals surface area contributed by atoms with Crippen LogP contribution in [0.2, 0.25) is 0 Å².